The van der Waals surface area contributed by atoms with Gasteiger partial charge in [0.25, 0.3) is 5.56 Å². The number of nitrogens with zero attached hydrogens (tertiary/aromatic N) is 2. The standard InChI is InChI=1S/C27H25Cl2N3O5/c1-36-23-10-7-17(13-24(23)37-2)11-12-30-25(33)16-31-22-6-4-3-5-20(22)26(34)32(27(31)35)15-18-8-9-19(28)14-21(18)29/h3-10,13-14H,11-12,15-16H2,1-2H3,(H,30,33). The first-order valence-corrected chi connectivity index (χ1v) is 12.2. The number of fused-ring (bicyclic) bond motifs is 1. The van der Waals surface area contributed by atoms with Crippen molar-refractivity contribution in [3.05, 3.63) is 103 Å². The Balaban J connectivity index is 1.57. The molecule has 0 aliphatic rings. The second-order valence-electron chi connectivity index (χ2n) is 8.30. The number of para-hydroxylation sites is 1. The van der Waals surface area contributed by atoms with Gasteiger partial charge < -0.3 is 14.8 Å². The molecule has 0 bridgehead atoms. The summed E-state index contributed by atoms with van der Waals surface area (Å²) in [5.74, 6) is 0.867. The molecular weight excluding hydrogens is 517 g/mol. The van der Waals surface area contributed by atoms with Crippen LogP contribution in [0.25, 0.3) is 10.9 Å². The third kappa shape index (κ3) is 5.81. The van der Waals surface area contributed by atoms with Gasteiger partial charge in [-0.15, -0.1) is 0 Å². The Morgan fingerprint density at radius 1 is 0.919 bits per heavy atom. The van der Waals surface area contributed by atoms with Crippen LogP contribution in [0.1, 0.15) is 11.1 Å². The first-order chi connectivity index (χ1) is 17.8. The summed E-state index contributed by atoms with van der Waals surface area (Å²) in [6.07, 6.45) is 0.552. The lowest BCUT2D eigenvalue weighted by molar-refractivity contribution is -0.121. The summed E-state index contributed by atoms with van der Waals surface area (Å²) >= 11 is 12.3. The molecule has 0 atom stereocenters. The van der Waals surface area contributed by atoms with Crippen molar-refractivity contribution >= 4 is 40.0 Å². The number of carbonyl (C=O) groups is 1. The molecule has 0 saturated heterocycles. The molecule has 8 nitrogen and oxygen atoms in total. The zero-order chi connectivity index (χ0) is 26.5. The number of aromatic nitrogens is 2. The van der Waals surface area contributed by atoms with Crippen LogP contribution in [-0.4, -0.2) is 35.8 Å². The molecule has 0 spiro atoms. The summed E-state index contributed by atoms with van der Waals surface area (Å²) in [6.45, 7) is 0.0420. The predicted octanol–water partition coefficient (Wildman–Crippen LogP) is 3.89. The van der Waals surface area contributed by atoms with Gasteiger partial charge in [-0.3, -0.25) is 18.7 Å². The van der Waals surface area contributed by atoms with Crippen LogP contribution in [-0.2, 0) is 24.3 Å². The van der Waals surface area contributed by atoms with Gasteiger partial charge in [-0.05, 0) is 53.9 Å². The van der Waals surface area contributed by atoms with Crippen molar-refractivity contribution in [3.63, 3.8) is 0 Å². The quantitative estimate of drug-likeness (QED) is 0.347. The van der Waals surface area contributed by atoms with Gasteiger partial charge in [-0.1, -0.05) is 47.5 Å². The number of carbonyl (C=O) groups excluding carboxylic acids is 1. The van der Waals surface area contributed by atoms with Crippen LogP contribution in [0.2, 0.25) is 10.0 Å². The van der Waals surface area contributed by atoms with E-state index in [4.69, 9.17) is 32.7 Å². The molecule has 1 heterocycles. The molecule has 1 aromatic heterocycles. The van der Waals surface area contributed by atoms with E-state index in [2.05, 4.69) is 5.32 Å². The molecular formula is C27H25Cl2N3O5. The Morgan fingerprint density at radius 2 is 1.68 bits per heavy atom. The molecule has 3 aromatic carbocycles. The van der Waals surface area contributed by atoms with E-state index < -0.39 is 11.2 Å². The maximum atomic E-state index is 13.4. The predicted molar refractivity (Wildman–Crippen MR) is 144 cm³/mol. The Hall–Kier alpha value is -3.75. The molecule has 192 valence electrons. The fourth-order valence-corrected chi connectivity index (χ4v) is 4.53. The largest absolute Gasteiger partial charge is 0.493 e. The van der Waals surface area contributed by atoms with Crippen LogP contribution < -0.4 is 26.0 Å². The highest BCUT2D eigenvalue weighted by molar-refractivity contribution is 6.35. The Bertz CT molecular complexity index is 1580. The minimum absolute atomic E-state index is 0.0561. The zero-order valence-corrected chi connectivity index (χ0v) is 21.8. The van der Waals surface area contributed by atoms with Gasteiger partial charge in [0, 0.05) is 16.6 Å². The normalized spacial score (nSPS) is 10.9. The van der Waals surface area contributed by atoms with Gasteiger partial charge in [0.15, 0.2) is 11.5 Å². The molecule has 10 heteroatoms. The number of hydrogen-bond donors (Lipinski definition) is 1. The van der Waals surface area contributed by atoms with Crippen molar-refractivity contribution in [2.45, 2.75) is 19.5 Å². The summed E-state index contributed by atoms with van der Waals surface area (Å²) < 4.78 is 12.9. The van der Waals surface area contributed by atoms with Crippen molar-refractivity contribution < 1.29 is 14.3 Å². The minimum Gasteiger partial charge on any atom is -0.493 e. The van der Waals surface area contributed by atoms with Crippen LogP contribution in [0.5, 0.6) is 11.5 Å². The van der Waals surface area contributed by atoms with Gasteiger partial charge >= 0.3 is 5.69 Å². The number of ether oxygens (including phenoxy) is 2. The number of nitrogens with one attached hydrogen (secondary N) is 1. The minimum atomic E-state index is -0.607. The Kier molecular flexibility index (Phi) is 8.21. The third-order valence-electron chi connectivity index (χ3n) is 5.96. The lowest BCUT2D eigenvalue weighted by Gasteiger charge is -2.15. The van der Waals surface area contributed by atoms with E-state index in [0.29, 0.717) is 51.0 Å². The molecule has 4 rings (SSSR count). The Labute approximate surface area is 223 Å². The second-order valence-corrected chi connectivity index (χ2v) is 9.15. The van der Waals surface area contributed by atoms with Gasteiger partial charge in [0.05, 0.1) is 31.7 Å². The van der Waals surface area contributed by atoms with E-state index in [9.17, 15) is 14.4 Å². The summed E-state index contributed by atoms with van der Waals surface area (Å²) in [6, 6.07) is 17.1. The van der Waals surface area contributed by atoms with Crippen LogP contribution in [0, 0.1) is 0 Å². The highest BCUT2D eigenvalue weighted by atomic mass is 35.5. The van der Waals surface area contributed by atoms with Crippen LogP contribution in [0.15, 0.2) is 70.3 Å². The first kappa shape index (κ1) is 26.3. The van der Waals surface area contributed by atoms with Gasteiger partial charge in [0.1, 0.15) is 6.54 Å². The molecule has 0 unspecified atom stereocenters. The van der Waals surface area contributed by atoms with E-state index in [1.165, 1.54) is 4.57 Å². The number of hydrogen-bond acceptors (Lipinski definition) is 5. The van der Waals surface area contributed by atoms with E-state index >= 15 is 0 Å². The number of amides is 1. The fraction of sp³-hybridized carbons (Fsp3) is 0.222. The molecule has 4 aromatic rings. The van der Waals surface area contributed by atoms with E-state index in [-0.39, 0.29) is 19.0 Å². The molecule has 1 N–H and O–H groups in total. The zero-order valence-electron chi connectivity index (χ0n) is 20.3. The van der Waals surface area contributed by atoms with E-state index in [1.54, 1.807) is 62.8 Å². The van der Waals surface area contributed by atoms with Gasteiger partial charge in [-0.25, -0.2) is 4.79 Å². The van der Waals surface area contributed by atoms with Crippen molar-refractivity contribution in [3.8, 4) is 11.5 Å². The highest BCUT2D eigenvalue weighted by Gasteiger charge is 2.16. The lowest BCUT2D eigenvalue weighted by Crippen LogP contribution is -2.43. The SMILES string of the molecule is COc1ccc(CCNC(=O)Cn2c(=O)n(Cc3ccc(Cl)cc3Cl)c(=O)c3ccccc32)cc1OC. The molecule has 0 radical (unpaired) electrons. The smallest absolute Gasteiger partial charge is 0.332 e. The van der Waals surface area contributed by atoms with Crippen molar-refractivity contribution in [2.24, 2.45) is 0 Å². The molecule has 1 amide bonds. The monoisotopic (exact) mass is 541 g/mol. The van der Waals surface area contributed by atoms with E-state index in [0.717, 1.165) is 10.1 Å². The molecule has 0 aliphatic carbocycles. The maximum absolute atomic E-state index is 13.4. The highest BCUT2D eigenvalue weighted by Crippen LogP contribution is 2.27. The molecule has 37 heavy (non-hydrogen) atoms. The second kappa shape index (κ2) is 11.5. The van der Waals surface area contributed by atoms with Crippen LogP contribution in [0.3, 0.4) is 0 Å². The summed E-state index contributed by atoms with van der Waals surface area (Å²) in [7, 11) is 3.13. The topological polar surface area (TPSA) is 91.6 Å². The van der Waals surface area contributed by atoms with Crippen LogP contribution >= 0.6 is 23.2 Å². The lowest BCUT2D eigenvalue weighted by atomic mass is 10.1. The number of benzene rings is 3. The van der Waals surface area contributed by atoms with Crippen molar-refractivity contribution in [1.82, 2.24) is 14.5 Å². The first-order valence-electron chi connectivity index (χ1n) is 11.5. The van der Waals surface area contributed by atoms with Crippen LogP contribution in [0.4, 0.5) is 0 Å². The molecule has 0 aliphatic heterocycles. The van der Waals surface area contributed by atoms with E-state index in [1.807, 2.05) is 12.1 Å². The van der Waals surface area contributed by atoms with Crippen molar-refractivity contribution in [1.29, 1.82) is 0 Å². The average molecular weight is 542 g/mol. The Morgan fingerprint density at radius 3 is 2.41 bits per heavy atom. The van der Waals surface area contributed by atoms with Gasteiger partial charge in [0.2, 0.25) is 5.91 Å². The van der Waals surface area contributed by atoms with Gasteiger partial charge in [-0.2, -0.15) is 0 Å². The average Bonchev–Trinajstić information content (AvgIpc) is 2.90. The summed E-state index contributed by atoms with van der Waals surface area (Å²) in [5, 5.41) is 3.95. The third-order valence-corrected chi connectivity index (χ3v) is 6.55. The molecule has 0 saturated carbocycles. The fourth-order valence-electron chi connectivity index (χ4n) is 4.07. The number of halogens is 2. The molecule has 0 fully saturated rings. The number of rotatable bonds is 9. The maximum Gasteiger partial charge on any atom is 0.332 e. The summed E-state index contributed by atoms with van der Waals surface area (Å²) in [5.41, 5.74) is 0.827. The summed E-state index contributed by atoms with van der Waals surface area (Å²) in [4.78, 5) is 39.4. The number of methoxy groups -OCH3 is 2. The van der Waals surface area contributed by atoms with Crippen molar-refractivity contribution in [2.75, 3.05) is 20.8 Å².